The Balaban J connectivity index is 1.35. The van der Waals surface area contributed by atoms with Crippen molar-refractivity contribution in [3.05, 3.63) is 29.8 Å². The van der Waals surface area contributed by atoms with Crippen LogP contribution in [0.15, 0.2) is 29.2 Å². The summed E-state index contributed by atoms with van der Waals surface area (Å²) in [6.45, 7) is 3.41. The normalized spacial score (nSPS) is 18.1. The minimum absolute atomic E-state index is 0.0206. The lowest BCUT2D eigenvalue weighted by Crippen LogP contribution is -2.35. The molecule has 0 radical (unpaired) electrons. The molecule has 7 heteroatoms. The second-order valence-corrected chi connectivity index (χ2v) is 9.77. The number of ether oxygens (including phenoxy) is 1. The van der Waals surface area contributed by atoms with E-state index in [0.717, 1.165) is 43.8 Å². The van der Waals surface area contributed by atoms with Crippen LogP contribution in [0.5, 0.6) is 0 Å². The summed E-state index contributed by atoms with van der Waals surface area (Å²) in [4.78, 5) is 12.3. The number of carbonyl (C=O) groups excluding carboxylic acids is 1. The molecule has 1 aliphatic carbocycles. The fraction of sp³-hybridized carbons (Fsp3) is 0.667. The van der Waals surface area contributed by atoms with Crippen molar-refractivity contribution in [2.45, 2.75) is 56.3 Å². The molecule has 1 aliphatic heterocycles. The molecule has 0 aromatic heterocycles. The van der Waals surface area contributed by atoms with Gasteiger partial charge in [-0.15, -0.1) is 0 Å². The van der Waals surface area contributed by atoms with Gasteiger partial charge in [0.1, 0.15) is 0 Å². The summed E-state index contributed by atoms with van der Waals surface area (Å²) in [5.74, 6) is 0.794. The molecular weight excluding hydrogens is 376 g/mol. The highest BCUT2D eigenvalue weighted by molar-refractivity contribution is 7.89. The third kappa shape index (κ3) is 6.57. The Bertz CT molecular complexity index is 723. The Morgan fingerprint density at radius 1 is 1.11 bits per heavy atom. The first-order chi connectivity index (χ1) is 13.6. The van der Waals surface area contributed by atoms with Crippen molar-refractivity contribution >= 4 is 15.9 Å². The number of aryl methyl sites for hydroxylation is 1. The lowest BCUT2D eigenvalue weighted by Gasteiger charge is -2.25. The maximum absolute atomic E-state index is 12.7. The second kappa shape index (κ2) is 10.4. The molecule has 0 bridgehead atoms. The molecule has 28 heavy (non-hydrogen) atoms. The number of benzene rings is 1. The topological polar surface area (TPSA) is 75.7 Å². The molecule has 6 nitrogen and oxygen atoms in total. The van der Waals surface area contributed by atoms with Crippen LogP contribution >= 0.6 is 0 Å². The van der Waals surface area contributed by atoms with Gasteiger partial charge < -0.3 is 10.1 Å². The van der Waals surface area contributed by atoms with E-state index in [9.17, 15) is 13.2 Å². The summed E-state index contributed by atoms with van der Waals surface area (Å²) in [6, 6.07) is 6.95. The van der Waals surface area contributed by atoms with Crippen LogP contribution in [0, 0.1) is 5.92 Å². The van der Waals surface area contributed by atoms with Crippen LogP contribution in [0.2, 0.25) is 0 Å². The minimum atomic E-state index is -3.39. The zero-order valence-electron chi connectivity index (χ0n) is 16.6. The first kappa shape index (κ1) is 21.3. The molecule has 2 aliphatic rings. The standard InChI is InChI=1S/C21H32N2O4S/c24-21(22-13-4-16-27-17-19-5-6-19)12-9-18-7-10-20(11-8-18)28(25,26)23-14-2-1-3-15-23/h7-8,10-11,19H,1-6,9,12-17H2,(H,22,24). The molecule has 1 heterocycles. The number of sulfonamides is 1. The van der Waals surface area contributed by atoms with Gasteiger partial charge in [0.2, 0.25) is 15.9 Å². The van der Waals surface area contributed by atoms with E-state index in [1.54, 1.807) is 16.4 Å². The van der Waals surface area contributed by atoms with Crippen molar-refractivity contribution in [3.8, 4) is 0 Å². The van der Waals surface area contributed by atoms with Gasteiger partial charge in [0.05, 0.1) is 4.90 Å². The Kier molecular flexibility index (Phi) is 7.88. The number of hydrogen-bond acceptors (Lipinski definition) is 4. The molecule has 1 N–H and O–H groups in total. The molecular formula is C21H32N2O4S. The molecule has 0 spiro atoms. The van der Waals surface area contributed by atoms with Gasteiger partial charge in [0.25, 0.3) is 0 Å². The minimum Gasteiger partial charge on any atom is -0.381 e. The maximum Gasteiger partial charge on any atom is 0.243 e. The highest BCUT2D eigenvalue weighted by Gasteiger charge is 2.25. The molecule has 0 unspecified atom stereocenters. The smallest absolute Gasteiger partial charge is 0.243 e. The van der Waals surface area contributed by atoms with Crippen molar-refractivity contribution in [3.63, 3.8) is 0 Å². The summed E-state index contributed by atoms with van der Waals surface area (Å²) >= 11 is 0. The van der Waals surface area contributed by atoms with Crippen molar-refractivity contribution in [1.29, 1.82) is 0 Å². The predicted molar refractivity (Wildman–Crippen MR) is 109 cm³/mol. The molecule has 3 rings (SSSR count). The number of rotatable bonds is 11. The molecule has 1 saturated carbocycles. The van der Waals surface area contributed by atoms with Crippen LogP contribution in [-0.4, -0.2) is 51.5 Å². The van der Waals surface area contributed by atoms with Gasteiger partial charge >= 0.3 is 0 Å². The van der Waals surface area contributed by atoms with Crippen LogP contribution < -0.4 is 5.32 Å². The fourth-order valence-corrected chi connectivity index (χ4v) is 4.88. The van der Waals surface area contributed by atoms with Gasteiger partial charge in [-0.3, -0.25) is 4.79 Å². The van der Waals surface area contributed by atoms with Gasteiger partial charge in [-0.25, -0.2) is 8.42 Å². The summed E-state index contributed by atoms with van der Waals surface area (Å²) in [5, 5.41) is 2.91. The average Bonchev–Trinajstić information content (AvgIpc) is 3.54. The Labute approximate surface area is 168 Å². The number of amides is 1. The van der Waals surface area contributed by atoms with E-state index in [2.05, 4.69) is 5.32 Å². The van der Waals surface area contributed by atoms with Gasteiger partial charge in [-0.05, 0) is 62.1 Å². The largest absolute Gasteiger partial charge is 0.381 e. The van der Waals surface area contributed by atoms with Gasteiger partial charge in [-0.1, -0.05) is 18.6 Å². The first-order valence-corrected chi connectivity index (χ1v) is 11.9. The van der Waals surface area contributed by atoms with Crippen molar-refractivity contribution in [2.75, 3.05) is 32.8 Å². The van der Waals surface area contributed by atoms with E-state index < -0.39 is 10.0 Å². The van der Waals surface area contributed by atoms with Gasteiger partial charge in [-0.2, -0.15) is 4.31 Å². The monoisotopic (exact) mass is 408 g/mol. The Hall–Kier alpha value is -1.44. The van der Waals surface area contributed by atoms with Crippen molar-refractivity contribution < 1.29 is 17.9 Å². The maximum atomic E-state index is 12.7. The number of piperidine rings is 1. The number of carbonyl (C=O) groups is 1. The van der Waals surface area contributed by atoms with E-state index >= 15 is 0 Å². The van der Waals surface area contributed by atoms with E-state index in [1.165, 1.54) is 12.8 Å². The number of nitrogens with zero attached hydrogens (tertiary/aromatic N) is 1. The first-order valence-electron chi connectivity index (χ1n) is 10.5. The van der Waals surface area contributed by atoms with Crippen LogP contribution in [-0.2, 0) is 26.0 Å². The van der Waals surface area contributed by atoms with Gasteiger partial charge in [0.15, 0.2) is 0 Å². The van der Waals surface area contributed by atoms with Crippen molar-refractivity contribution in [2.24, 2.45) is 5.92 Å². The summed E-state index contributed by atoms with van der Waals surface area (Å²) in [6.07, 6.45) is 7.39. The molecule has 1 amide bonds. The lowest BCUT2D eigenvalue weighted by molar-refractivity contribution is -0.121. The van der Waals surface area contributed by atoms with Crippen molar-refractivity contribution in [1.82, 2.24) is 9.62 Å². The van der Waals surface area contributed by atoms with Gasteiger partial charge in [0, 0.05) is 39.3 Å². The Morgan fingerprint density at radius 2 is 1.82 bits per heavy atom. The lowest BCUT2D eigenvalue weighted by atomic mass is 10.1. The third-order valence-electron chi connectivity index (χ3n) is 5.35. The Morgan fingerprint density at radius 3 is 2.50 bits per heavy atom. The number of hydrogen-bond donors (Lipinski definition) is 1. The molecule has 1 aromatic rings. The zero-order valence-corrected chi connectivity index (χ0v) is 17.4. The molecule has 1 aromatic carbocycles. The van der Waals surface area contributed by atoms with Crippen LogP contribution in [0.25, 0.3) is 0 Å². The molecule has 1 saturated heterocycles. The fourth-order valence-electron chi connectivity index (χ4n) is 3.37. The van der Waals surface area contributed by atoms with E-state index in [4.69, 9.17) is 4.74 Å². The molecule has 2 fully saturated rings. The van der Waals surface area contributed by atoms with E-state index in [0.29, 0.717) is 44.0 Å². The highest BCUT2D eigenvalue weighted by Crippen LogP contribution is 2.28. The summed E-state index contributed by atoms with van der Waals surface area (Å²) < 4.78 is 32.4. The van der Waals surface area contributed by atoms with Crippen LogP contribution in [0.4, 0.5) is 0 Å². The number of nitrogens with one attached hydrogen (secondary N) is 1. The summed E-state index contributed by atoms with van der Waals surface area (Å²) in [7, 11) is -3.39. The predicted octanol–water partition coefficient (Wildman–Crippen LogP) is 2.73. The molecule has 156 valence electrons. The van der Waals surface area contributed by atoms with E-state index in [-0.39, 0.29) is 5.91 Å². The second-order valence-electron chi connectivity index (χ2n) is 7.83. The molecule has 0 atom stereocenters. The van der Waals surface area contributed by atoms with Crippen LogP contribution in [0.1, 0.15) is 50.5 Å². The van der Waals surface area contributed by atoms with E-state index in [1.807, 2.05) is 12.1 Å². The van der Waals surface area contributed by atoms with Crippen LogP contribution in [0.3, 0.4) is 0 Å². The quantitative estimate of drug-likeness (QED) is 0.571. The zero-order chi connectivity index (χ0) is 19.8. The average molecular weight is 409 g/mol. The third-order valence-corrected chi connectivity index (χ3v) is 7.27. The summed E-state index contributed by atoms with van der Waals surface area (Å²) in [5.41, 5.74) is 0.973. The SMILES string of the molecule is O=C(CCc1ccc(S(=O)(=O)N2CCCCC2)cc1)NCCCOCC1CC1. The highest BCUT2D eigenvalue weighted by atomic mass is 32.2.